The van der Waals surface area contributed by atoms with Crippen LogP contribution in [0.2, 0.25) is 0 Å². The minimum atomic E-state index is -0.346. The molecule has 0 unspecified atom stereocenters. The van der Waals surface area contributed by atoms with Crippen LogP contribution in [0.15, 0.2) is 66.7 Å². The molecule has 5 nitrogen and oxygen atoms in total. The van der Waals surface area contributed by atoms with Crippen molar-refractivity contribution in [3.05, 3.63) is 89.0 Å². The summed E-state index contributed by atoms with van der Waals surface area (Å²) in [5, 5.41) is 8.50. The minimum absolute atomic E-state index is 0.171. The van der Waals surface area contributed by atoms with Gasteiger partial charge in [0.25, 0.3) is 5.91 Å². The minimum Gasteiger partial charge on any atom is -0.322 e. The fourth-order valence-electron chi connectivity index (χ4n) is 2.84. The Morgan fingerprint density at radius 2 is 1.39 bits per heavy atom. The molecule has 0 radical (unpaired) electrons. The first-order valence-corrected chi connectivity index (χ1v) is 9.05. The molecule has 0 bridgehead atoms. The van der Waals surface area contributed by atoms with Crippen molar-refractivity contribution in [3.8, 4) is 0 Å². The lowest BCUT2D eigenvalue weighted by atomic mass is 10.0. The topological polar surface area (TPSA) is 70.2 Å². The highest BCUT2D eigenvalue weighted by Gasteiger charge is 2.12. The van der Waals surface area contributed by atoms with E-state index in [9.17, 15) is 9.59 Å². The van der Waals surface area contributed by atoms with Gasteiger partial charge in [-0.25, -0.2) is 4.79 Å². The van der Waals surface area contributed by atoms with Crippen LogP contribution in [0.5, 0.6) is 0 Å². The van der Waals surface area contributed by atoms with Crippen LogP contribution < -0.4 is 16.0 Å². The van der Waals surface area contributed by atoms with Crippen LogP contribution in [-0.2, 0) is 0 Å². The maximum atomic E-state index is 12.7. The number of hydrogen-bond acceptors (Lipinski definition) is 2. The van der Waals surface area contributed by atoms with E-state index in [1.165, 1.54) is 0 Å². The molecule has 0 aliphatic rings. The highest BCUT2D eigenvalue weighted by atomic mass is 16.2. The standard InChI is InChI=1S/C23H23N3O2/c1-15-8-7-11-20(17(15)3)22(27)26-21-14-19(13-12-16(21)2)25-23(28)24-18-9-5-4-6-10-18/h4-14H,1-3H3,(H,26,27)(H2,24,25,28). The Balaban J connectivity index is 1.73. The first-order valence-electron chi connectivity index (χ1n) is 9.05. The van der Waals surface area contributed by atoms with Gasteiger partial charge in [0.15, 0.2) is 0 Å². The number of carbonyl (C=O) groups excluding carboxylic acids is 2. The zero-order valence-electron chi connectivity index (χ0n) is 16.2. The summed E-state index contributed by atoms with van der Waals surface area (Å²) in [7, 11) is 0. The van der Waals surface area contributed by atoms with Gasteiger partial charge in [-0.15, -0.1) is 0 Å². The molecule has 0 aliphatic heterocycles. The SMILES string of the molecule is Cc1ccc(NC(=O)Nc2ccccc2)cc1NC(=O)c1cccc(C)c1C. The number of carbonyl (C=O) groups is 2. The molecule has 0 heterocycles. The lowest BCUT2D eigenvalue weighted by Gasteiger charge is -2.13. The normalized spacial score (nSPS) is 10.2. The van der Waals surface area contributed by atoms with Crippen molar-refractivity contribution >= 4 is 29.0 Å². The maximum Gasteiger partial charge on any atom is 0.323 e. The van der Waals surface area contributed by atoms with Crippen molar-refractivity contribution in [1.29, 1.82) is 0 Å². The molecule has 3 amide bonds. The predicted octanol–water partition coefficient (Wildman–Crippen LogP) is 5.51. The van der Waals surface area contributed by atoms with Crippen molar-refractivity contribution in [2.75, 3.05) is 16.0 Å². The molecule has 3 aromatic rings. The molecule has 0 atom stereocenters. The van der Waals surface area contributed by atoms with E-state index < -0.39 is 0 Å². The number of aryl methyl sites for hydroxylation is 2. The van der Waals surface area contributed by atoms with Crippen LogP contribution in [0.25, 0.3) is 0 Å². The summed E-state index contributed by atoms with van der Waals surface area (Å²) in [6.45, 7) is 5.82. The molecule has 142 valence electrons. The van der Waals surface area contributed by atoms with E-state index in [0.717, 1.165) is 16.7 Å². The van der Waals surface area contributed by atoms with Gasteiger partial charge in [-0.1, -0.05) is 36.4 Å². The van der Waals surface area contributed by atoms with Gasteiger partial charge in [0.1, 0.15) is 0 Å². The largest absolute Gasteiger partial charge is 0.323 e. The van der Waals surface area contributed by atoms with E-state index in [1.807, 2.05) is 75.4 Å². The Hall–Kier alpha value is -3.60. The Bertz CT molecular complexity index is 1010. The van der Waals surface area contributed by atoms with Crippen molar-refractivity contribution in [1.82, 2.24) is 0 Å². The van der Waals surface area contributed by atoms with Crippen LogP contribution in [0.1, 0.15) is 27.0 Å². The fourth-order valence-corrected chi connectivity index (χ4v) is 2.84. The van der Waals surface area contributed by atoms with Gasteiger partial charge in [0.05, 0.1) is 0 Å². The fraction of sp³-hybridized carbons (Fsp3) is 0.130. The molecule has 0 saturated carbocycles. The number of benzene rings is 3. The third-order valence-electron chi connectivity index (χ3n) is 4.62. The third-order valence-corrected chi connectivity index (χ3v) is 4.62. The molecule has 0 spiro atoms. The summed E-state index contributed by atoms with van der Waals surface area (Å²) >= 11 is 0. The summed E-state index contributed by atoms with van der Waals surface area (Å²) < 4.78 is 0. The van der Waals surface area contributed by atoms with Crippen molar-refractivity contribution in [3.63, 3.8) is 0 Å². The van der Waals surface area contributed by atoms with Crippen LogP contribution in [0.3, 0.4) is 0 Å². The predicted molar refractivity (Wildman–Crippen MR) is 114 cm³/mol. The molecule has 5 heteroatoms. The Labute approximate surface area is 164 Å². The average molecular weight is 373 g/mol. The number of para-hydroxylation sites is 1. The highest BCUT2D eigenvalue weighted by molar-refractivity contribution is 6.06. The number of hydrogen-bond donors (Lipinski definition) is 3. The van der Waals surface area contributed by atoms with Crippen LogP contribution in [-0.4, -0.2) is 11.9 Å². The van der Waals surface area contributed by atoms with Crippen molar-refractivity contribution in [2.45, 2.75) is 20.8 Å². The first-order chi connectivity index (χ1) is 13.4. The Kier molecular flexibility index (Phi) is 5.75. The molecule has 3 rings (SSSR count). The van der Waals surface area contributed by atoms with E-state index >= 15 is 0 Å². The second-order valence-corrected chi connectivity index (χ2v) is 6.68. The number of rotatable bonds is 4. The summed E-state index contributed by atoms with van der Waals surface area (Å²) in [6.07, 6.45) is 0. The molecule has 0 fully saturated rings. The molecule has 3 N–H and O–H groups in total. The van der Waals surface area contributed by atoms with Crippen LogP contribution in [0.4, 0.5) is 21.9 Å². The van der Waals surface area contributed by atoms with Gasteiger partial charge >= 0.3 is 6.03 Å². The summed E-state index contributed by atoms with van der Waals surface area (Å²) in [6, 6.07) is 19.9. The van der Waals surface area contributed by atoms with E-state index in [1.54, 1.807) is 12.1 Å². The van der Waals surface area contributed by atoms with Gasteiger partial charge < -0.3 is 16.0 Å². The molecular formula is C23H23N3O2. The van der Waals surface area contributed by atoms with Gasteiger partial charge in [-0.05, 0) is 67.8 Å². The lowest BCUT2D eigenvalue weighted by molar-refractivity contribution is 0.102. The zero-order valence-corrected chi connectivity index (χ0v) is 16.2. The smallest absolute Gasteiger partial charge is 0.322 e. The number of urea groups is 1. The van der Waals surface area contributed by atoms with E-state index in [0.29, 0.717) is 22.6 Å². The zero-order chi connectivity index (χ0) is 20.1. The van der Waals surface area contributed by atoms with Gasteiger partial charge in [0, 0.05) is 22.6 Å². The van der Waals surface area contributed by atoms with Crippen LogP contribution in [0, 0.1) is 20.8 Å². The van der Waals surface area contributed by atoms with E-state index in [-0.39, 0.29) is 11.9 Å². The summed E-state index contributed by atoms with van der Waals surface area (Å²) in [4.78, 5) is 24.9. The summed E-state index contributed by atoms with van der Waals surface area (Å²) in [5.41, 5.74) is 5.52. The molecule has 0 aromatic heterocycles. The molecule has 3 aromatic carbocycles. The molecular weight excluding hydrogens is 350 g/mol. The lowest BCUT2D eigenvalue weighted by Crippen LogP contribution is -2.20. The molecule has 28 heavy (non-hydrogen) atoms. The Morgan fingerprint density at radius 1 is 0.679 bits per heavy atom. The molecule has 0 aliphatic carbocycles. The third kappa shape index (κ3) is 4.57. The number of anilines is 3. The Morgan fingerprint density at radius 3 is 2.14 bits per heavy atom. The van der Waals surface area contributed by atoms with Gasteiger partial charge in [-0.3, -0.25) is 4.79 Å². The van der Waals surface area contributed by atoms with Gasteiger partial charge in [0.2, 0.25) is 0 Å². The summed E-state index contributed by atoms with van der Waals surface area (Å²) in [5.74, 6) is -0.171. The van der Waals surface area contributed by atoms with Crippen molar-refractivity contribution < 1.29 is 9.59 Å². The van der Waals surface area contributed by atoms with E-state index in [2.05, 4.69) is 16.0 Å². The van der Waals surface area contributed by atoms with Crippen molar-refractivity contribution in [2.24, 2.45) is 0 Å². The quantitative estimate of drug-likeness (QED) is 0.564. The number of amides is 3. The monoisotopic (exact) mass is 373 g/mol. The maximum absolute atomic E-state index is 12.7. The van der Waals surface area contributed by atoms with Crippen LogP contribution >= 0.6 is 0 Å². The average Bonchev–Trinajstić information content (AvgIpc) is 2.67. The highest BCUT2D eigenvalue weighted by Crippen LogP contribution is 2.22. The second-order valence-electron chi connectivity index (χ2n) is 6.68. The first kappa shape index (κ1) is 19.2. The van der Waals surface area contributed by atoms with E-state index in [4.69, 9.17) is 0 Å². The van der Waals surface area contributed by atoms with Gasteiger partial charge in [-0.2, -0.15) is 0 Å². The second kappa shape index (κ2) is 8.39. The number of nitrogens with one attached hydrogen (secondary N) is 3. The molecule has 0 saturated heterocycles.